The molecule has 0 radical (unpaired) electrons. The first-order valence-electron chi connectivity index (χ1n) is 8.12. The zero-order chi connectivity index (χ0) is 18.5. The second-order valence-corrected chi connectivity index (χ2v) is 6.67. The molecule has 5 nitrogen and oxygen atoms in total. The van der Waals surface area contributed by atoms with Gasteiger partial charge in [0.15, 0.2) is 11.5 Å². The van der Waals surface area contributed by atoms with E-state index < -0.39 is 0 Å². The number of methoxy groups -OCH3 is 2. The van der Waals surface area contributed by atoms with Crippen LogP contribution >= 0.6 is 11.3 Å². The quantitative estimate of drug-likeness (QED) is 0.704. The Morgan fingerprint density at radius 3 is 2.65 bits per heavy atom. The standard InChI is InChI=1S/C20H20N2O3S/c1-13-5-4-6-14(9-13)20-22-16(12-26-20)11-19(23)21-15-7-8-17(24-2)18(10-15)25-3/h4-10,12H,11H2,1-3H3,(H,21,23). The van der Waals surface area contributed by atoms with Crippen molar-refractivity contribution in [2.45, 2.75) is 13.3 Å². The van der Waals surface area contributed by atoms with E-state index in [1.807, 2.05) is 17.5 Å². The van der Waals surface area contributed by atoms with Crippen molar-refractivity contribution in [1.82, 2.24) is 4.98 Å². The summed E-state index contributed by atoms with van der Waals surface area (Å²) in [6.45, 7) is 2.05. The molecule has 26 heavy (non-hydrogen) atoms. The van der Waals surface area contributed by atoms with Gasteiger partial charge < -0.3 is 14.8 Å². The van der Waals surface area contributed by atoms with E-state index in [2.05, 4.69) is 29.4 Å². The van der Waals surface area contributed by atoms with Gasteiger partial charge in [-0.2, -0.15) is 0 Å². The van der Waals surface area contributed by atoms with Crippen LogP contribution in [0.5, 0.6) is 11.5 Å². The second-order valence-electron chi connectivity index (χ2n) is 5.81. The number of rotatable bonds is 6. The predicted molar refractivity (Wildman–Crippen MR) is 104 cm³/mol. The first kappa shape index (κ1) is 17.9. The van der Waals surface area contributed by atoms with Crippen molar-refractivity contribution in [2.24, 2.45) is 0 Å². The SMILES string of the molecule is COc1ccc(NC(=O)Cc2csc(-c3cccc(C)c3)n2)cc1OC. The van der Waals surface area contributed by atoms with Crippen LogP contribution in [0.25, 0.3) is 10.6 Å². The Bertz CT molecular complexity index is 921. The summed E-state index contributed by atoms with van der Waals surface area (Å²) in [5.74, 6) is 1.06. The normalized spacial score (nSPS) is 10.4. The van der Waals surface area contributed by atoms with Gasteiger partial charge in [0.1, 0.15) is 5.01 Å². The van der Waals surface area contributed by atoms with E-state index in [9.17, 15) is 4.79 Å². The zero-order valence-corrected chi connectivity index (χ0v) is 15.7. The number of amides is 1. The molecule has 1 amide bonds. The molecule has 0 fully saturated rings. The molecule has 0 aliphatic heterocycles. The van der Waals surface area contributed by atoms with Crippen molar-refractivity contribution in [3.8, 4) is 22.1 Å². The lowest BCUT2D eigenvalue weighted by Gasteiger charge is -2.10. The van der Waals surface area contributed by atoms with Gasteiger partial charge in [-0.3, -0.25) is 4.79 Å². The van der Waals surface area contributed by atoms with Crippen LogP contribution in [0.2, 0.25) is 0 Å². The number of aryl methyl sites for hydroxylation is 1. The monoisotopic (exact) mass is 368 g/mol. The lowest BCUT2D eigenvalue weighted by atomic mass is 10.1. The molecular formula is C20H20N2O3S. The molecule has 0 spiro atoms. The summed E-state index contributed by atoms with van der Waals surface area (Å²) >= 11 is 1.54. The number of benzene rings is 2. The van der Waals surface area contributed by atoms with Gasteiger partial charge >= 0.3 is 0 Å². The van der Waals surface area contributed by atoms with Crippen LogP contribution in [0.1, 0.15) is 11.3 Å². The Morgan fingerprint density at radius 2 is 1.92 bits per heavy atom. The molecule has 2 aromatic carbocycles. The Morgan fingerprint density at radius 1 is 1.12 bits per heavy atom. The molecule has 0 atom stereocenters. The summed E-state index contributed by atoms with van der Waals surface area (Å²) in [5, 5.41) is 5.71. The van der Waals surface area contributed by atoms with E-state index in [1.54, 1.807) is 43.8 Å². The Kier molecular flexibility index (Phi) is 5.53. The lowest BCUT2D eigenvalue weighted by molar-refractivity contribution is -0.115. The second kappa shape index (κ2) is 8.01. The minimum atomic E-state index is -0.127. The van der Waals surface area contributed by atoms with Crippen molar-refractivity contribution in [3.63, 3.8) is 0 Å². The maximum absolute atomic E-state index is 12.3. The van der Waals surface area contributed by atoms with Crippen molar-refractivity contribution >= 4 is 22.9 Å². The molecule has 0 bridgehead atoms. The average molecular weight is 368 g/mol. The van der Waals surface area contributed by atoms with Gasteiger partial charge in [0, 0.05) is 22.7 Å². The van der Waals surface area contributed by atoms with Gasteiger partial charge in [0.25, 0.3) is 0 Å². The molecule has 0 aliphatic rings. The summed E-state index contributed by atoms with van der Waals surface area (Å²) in [6.07, 6.45) is 0.219. The van der Waals surface area contributed by atoms with E-state index in [4.69, 9.17) is 9.47 Å². The van der Waals surface area contributed by atoms with E-state index >= 15 is 0 Å². The maximum atomic E-state index is 12.3. The number of hydrogen-bond acceptors (Lipinski definition) is 5. The summed E-state index contributed by atoms with van der Waals surface area (Å²) in [4.78, 5) is 16.9. The average Bonchev–Trinajstić information content (AvgIpc) is 3.10. The molecule has 1 N–H and O–H groups in total. The zero-order valence-electron chi connectivity index (χ0n) is 14.9. The number of anilines is 1. The molecule has 3 aromatic rings. The van der Waals surface area contributed by atoms with E-state index in [-0.39, 0.29) is 12.3 Å². The van der Waals surface area contributed by atoms with Crippen LogP contribution in [0, 0.1) is 6.92 Å². The largest absolute Gasteiger partial charge is 0.493 e. The van der Waals surface area contributed by atoms with Crippen LogP contribution in [-0.4, -0.2) is 25.1 Å². The third-order valence-electron chi connectivity index (χ3n) is 3.83. The molecular weight excluding hydrogens is 348 g/mol. The van der Waals surface area contributed by atoms with Gasteiger partial charge in [-0.05, 0) is 25.1 Å². The number of aromatic nitrogens is 1. The van der Waals surface area contributed by atoms with Crippen molar-refractivity contribution in [3.05, 3.63) is 59.1 Å². The van der Waals surface area contributed by atoms with Crippen molar-refractivity contribution in [1.29, 1.82) is 0 Å². The van der Waals surface area contributed by atoms with Gasteiger partial charge in [0.05, 0.1) is 26.3 Å². The number of ether oxygens (including phenoxy) is 2. The Labute approximate surface area is 156 Å². The predicted octanol–water partition coefficient (Wildman–Crippen LogP) is 4.32. The number of carbonyl (C=O) groups excluding carboxylic acids is 1. The summed E-state index contributed by atoms with van der Waals surface area (Å²) in [7, 11) is 3.13. The molecule has 6 heteroatoms. The van der Waals surface area contributed by atoms with Gasteiger partial charge in [-0.1, -0.05) is 23.8 Å². The molecule has 134 valence electrons. The smallest absolute Gasteiger partial charge is 0.230 e. The van der Waals surface area contributed by atoms with Crippen LogP contribution in [0.3, 0.4) is 0 Å². The highest BCUT2D eigenvalue weighted by Gasteiger charge is 2.11. The fourth-order valence-electron chi connectivity index (χ4n) is 2.58. The summed E-state index contributed by atoms with van der Waals surface area (Å²) in [6, 6.07) is 13.4. The minimum absolute atomic E-state index is 0.127. The van der Waals surface area contributed by atoms with Crippen LogP contribution in [-0.2, 0) is 11.2 Å². The van der Waals surface area contributed by atoms with Gasteiger partial charge in [0.2, 0.25) is 5.91 Å². The molecule has 0 aliphatic carbocycles. The topological polar surface area (TPSA) is 60.5 Å². The van der Waals surface area contributed by atoms with Crippen molar-refractivity contribution < 1.29 is 14.3 Å². The van der Waals surface area contributed by atoms with E-state index in [0.717, 1.165) is 16.3 Å². The number of nitrogens with one attached hydrogen (secondary N) is 1. The maximum Gasteiger partial charge on any atom is 0.230 e. The molecule has 0 unspecified atom stereocenters. The highest BCUT2D eigenvalue weighted by atomic mass is 32.1. The number of carbonyl (C=O) groups is 1. The highest BCUT2D eigenvalue weighted by Crippen LogP contribution is 2.30. The minimum Gasteiger partial charge on any atom is -0.493 e. The third-order valence-corrected chi connectivity index (χ3v) is 4.77. The van der Waals surface area contributed by atoms with Gasteiger partial charge in [-0.25, -0.2) is 4.98 Å². The van der Waals surface area contributed by atoms with E-state index in [0.29, 0.717) is 17.2 Å². The molecule has 1 aromatic heterocycles. The fourth-order valence-corrected chi connectivity index (χ4v) is 3.40. The van der Waals surface area contributed by atoms with Gasteiger partial charge in [-0.15, -0.1) is 11.3 Å². The highest BCUT2D eigenvalue weighted by molar-refractivity contribution is 7.13. The number of thiazole rings is 1. The first-order chi connectivity index (χ1) is 12.6. The van der Waals surface area contributed by atoms with Crippen LogP contribution in [0.15, 0.2) is 47.8 Å². The fraction of sp³-hybridized carbons (Fsp3) is 0.200. The summed E-state index contributed by atoms with van der Waals surface area (Å²) < 4.78 is 10.5. The van der Waals surface area contributed by atoms with E-state index in [1.165, 1.54) is 5.56 Å². The summed E-state index contributed by atoms with van der Waals surface area (Å²) in [5.41, 5.74) is 3.67. The molecule has 1 heterocycles. The van der Waals surface area contributed by atoms with Crippen molar-refractivity contribution in [2.75, 3.05) is 19.5 Å². The molecule has 3 rings (SSSR count). The lowest BCUT2D eigenvalue weighted by Crippen LogP contribution is -2.14. The Hall–Kier alpha value is -2.86. The number of nitrogens with zero attached hydrogens (tertiary/aromatic N) is 1. The van der Waals surface area contributed by atoms with Crippen LogP contribution in [0.4, 0.5) is 5.69 Å². The third kappa shape index (κ3) is 4.21. The Balaban J connectivity index is 1.67. The molecule has 0 saturated heterocycles. The number of hydrogen-bond donors (Lipinski definition) is 1. The molecule has 0 saturated carbocycles. The van der Waals surface area contributed by atoms with Crippen LogP contribution < -0.4 is 14.8 Å². The first-order valence-corrected chi connectivity index (χ1v) is 9.00.